The first-order chi connectivity index (χ1) is 17.2. The average molecular weight is 455 g/mol. The Labute approximate surface area is 203 Å². The molecule has 0 bridgehead atoms. The van der Waals surface area contributed by atoms with Gasteiger partial charge in [0.1, 0.15) is 11.4 Å². The number of rotatable bonds is 4. The summed E-state index contributed by atoms with van der Waals surface area (Å²) in [5.74, 6) is 0.961. The van der Waals surface area contributed by atoms with E-state index in [2.05, 4.69) is 40.6 Å². The van der Waals surface area contributed by atoms with Crippen molar-refractivity contribution in [3.05, 3.63) is 138 Å². The van der Waals surface area contributed by atoms with Gasteiger partial charge in [0.15, 0.2) is 5.84 Å². The first kappa shape index (κ1) is 20.8. The van der Waals surface area contributed by atoms with Crippen molar-refractivity contribution >= 4 is 28.0 Å². The Bertz CT molecular complexity index is 1530. The van der Waals surface area contributed by atoms with Gasteiger partial charge in [0.05, 0.1) is 11.4 Å². The van der Waals surface area contributed by atoms with E-state index in [-0.39, 0.29) is 12.1 Å². The Kier molecular flexibility index (Phi) is 5.28. The van der Waals surface area contributed by atoms with Gasteiger partial charge in [-0.05, 0) is 41.1 Å². The number of benzene rings is 4. The molecule has 5 aromatic rings. The Morgan fingerprint density at radius 2 is 1.49 bits per heavy atom. The summed E-state index contributed by atoms with van der Waals surface area (Å²) < 4.78 is 5.95. The van der Waals surface area contributed by atoms with E-state index in [1.165, 1.54) is 5.39 Å². The van der Waals surface area contributed by atoms with E-state index < -0.39 is 0 Å². The predicted molar refractivity (Wildman–Crippen MR) is 141 cm³/mol. The van der Waals surface area contributed by atoms with E-state index in [4.69, 9.17) is 15.1 Å². The SMILES string of the molecule is N=C(N=C(c1ccccc1)c1ccc2ccccc2c1)c1ccc(C2Nc3ccccc3O2)nc1. The molecule has 0 fully saturated rings. The van der Waals surface area contributed by atoms with Crippen LogP contribution in [0.25, 0.3) is 10.8 Å². The predicted octanol–water partition coefficient (Wildman–Crippen LogP) is 6.60. The number of aromatic nitrogens is 1. The number of aliphatic imine (C=N–C) groups is 1. The molecule has 0 saturated heterocycles. The maximum absolute atomic E-state index is 8.73. The molecule has 4 aromatic carbocycles. The number of pyridine rings is 1. The van der Waals surface area contributed by atoms with Gasteiger partial charge in [-0.3, -0.25) is 10.4 Å². The smallest absolute Gasteiger partial charge is 0.213 e. The molecule has 1 aromatic heterocycles. The van der Waals surface area contributed by atoms with Crippen LogP contribution in [0.2, 0.25) is 0 Å². The molecule has 1 unspecified atom stereocenters. The molecule has 2 N–H and O–H groups in total. The van der Waals surface area contributed by atoms with Crippen LogP contribution in [-0.2, 0) is 0 Å². The third kappa shape index (κ3) is 4.15. The summed E-state index contributed by atoms with van der Waals surface area (Å²) in [6.07, 6.45) is 1.33. The second-order valence-electron chi connectivity index (χ2n) is 8.35. The van der Waals surface area contributed by atoms with Crippen molar-refractivity contribution in [2.24, 2.45) is 4.99 Å². The van der Waals surface area contributed by atoms with Crippen LogP contribution in [0.1, 0.15) is 28.6 Å². The molecule has 5 nitrogen and oxygen atoms in total. The third-order valence-corrected chi connectivity index (χ3v) is 6.04. The van der Waals surface area contributed by atoms with E-state index in [0.29, 0.717) is 5.56 Å². The largest absolute Gasteiger partial charge is 0.463 e. The molecule has 6 rings (SSSR count). The third-order valence-electron chi connectivity index (χ3n) is 6.04. The zero-order valence-electron chi connectivity index (χ0n) is 18.8. The number of nitrogens with zero attached hydrogens (tertiary/aromatic N) is 2. The van der Waals surface area contributed by atoms with Crippen molar-refractivity contribution in [1.82, 2.24) is 4.98 Å². The van der Waals surface area contributed by atoms with Gasteiger partial charge in [0, 0.05) is 22.9 Å². The fourth-order valence-electron chi connectivity index (χ4n) is 4.23. The maximum Gasteiger partial charge on any atom is 0.213 e. The average Bonchev–Trinajstić information content (AvgIpc) is 3.36. The summed E-state index contributed by atoms with van der Waals surface area (Å²) in [6.45, 7) is 0. The lowest BCUT2D eigenvalue weighted by Gasteiger charge is -2.12. The second kappa shape index (κ2) is 8.88. The van der Waals surface area contributed by atoms with Crippen molar-refractivity contribution in [3.63, 3.8) is 0 Å². The number of amidine groups is 1. The van der Waals surface area contributed by atoms with Crippen LogP contribution in [0.4, 0.5) is 5.69 Å². The van der Waals surface area contributed by atoms with Crippen LogP contribution in [0, 0.1) is 5.41 Å². The van der Waals surface area contributed by atoms with Crippen molar-refractivity contribution in [1.29, 1.82) is 5.41 Å². The second-order valence-corrected chi connectivity index (χ2v) is 8.35. The minimum atomic E-state index is -0.350. The quantitative estimate of drug-likeness (QED) is 0.237. The number of para-hydroxylation sites is 2. The molecular weight excluding hydrogens is 432 g/mol. The first-order valence-electron chi connectivity index (χ1n) is 11.4. The molecule has 0 saturated carbocycles. The summed E-state index contributed by atoms with van der Waals surface area (Å²) >= 11 is 0. The van der Waals surface area contributed by atoms with Gasteiger partial charge in [0.2, 0.25) is 6.23 Å². The van der Waals surface area contributed by atoms with E-state index in [9.17, 15) is 0 Å². The van der Waals surface area contributed by atoms with Gasteiger partial charge in [-0.15, -0.1) is 0 Å². The zero-order valence-corrected chi connectivity index (χ0v) is 18.8. The topological polar surface area (TPSA) is 70.4 Å². The molecular formula is C30H22N4O. The number of ether oxygens (including phenoxy) is 1. The maximum atomic E-state index is 8.73. The van der Waals surface area contributed by atoms with Crippen LogP contribution in [0.15, 0.2) is 120 Å². The summed E-state index contributed by atoms with van der Waals surface area (Å²) in [5.41, 5.74) is 5.01. The van der Waals surface area contributed by atoms with Crippen molar-refractivity contribution in [2.75, 3.05) is 5.32 Å². The number of hydrogen-bond acceptors (Lipinski definition) is 4. The van der Waals surface area contributed by atoms with Gasteiger partial charge in [-0.25, -0.2) is 4.99 Å². The molecule has 0 aliphatic carbocycles. The highest BCUT2D eigenvalue weighted by molar-refractivity contribution is 6.19. The van der Waals surface area contributed by atoms with Crippen LogP contribution in [0.3, 0.4) is 0 Å². The number of nitrogens with one attached hydrogen (secondary N) is 2. The lowest BCUT2D eigenvalue weighted by molar-refractivity contribution is 0.254. The van der Waals surface area contributed by atoms with Crippen LogP contribution in [0.5, 0.6) is 5.75 Å². The zero-order chi connectivity index (χ0) is 23.6. The standard InChI is InChI=1S/C30H22N4O/c31-29(24-16-17-26(32-19-24)30-33-25-12-6-7-13-27(25)35-30)34-28(21-9-2-1-3-10-21)23-15-14-20-8-4-5-11-22(20)18-23/h1-19,30-31,33H. The fraction of sp³-hybridized carbons (Fsp3) is 0.0333. The van der Waals surface area contributed by atoms with Gasteiger partial charge in [-0.1, -0.05) is 78.9 Å². The van der Waals surface area contributed by atoms with Crippen LogP contribution >= 0.6 is 0 Å². The molecule has 0 amide bonds. The van der Waals surface area contributed by atoms with Gasteiger partial charge < -0.3 is 10.1 Å². The Morgan fingerprint density at radius 1 is 0.743 bits per heavy atom. The van der Waals surface area contributed by atoms with Crippen molar-refractivity contribution in [2.45, 2.75) is 6.23 Å². The summed E-state index contributed by atoms with van der Waals surface area (Å²) in [7, 11) is 0. The van der Waals surface area contributed by atoms with Crippen molar-refractivity contribution in [3.8, 4) is 5.75 Å². The number of fused-ring (bicyclic) bond motifs is 2. The molecule has 1 aliphatic heterocycles. The van der Waals surface area contributed by atoms with Crippen LogP contribution < -0.4 is 10.1 Å². The van der Waals surface area contributed by atoms with Gasteiger partial charge >= 0.3 is 0 Å². The lowest BCUT2D eigenvalue weighted by atomic mass is 9.99. The molecule has 168 valence electrons. The highest BCUT2D eigenvalue weighted by atomic mass is 16.5. The van der Waals surface area contributed by atoms with Gasteiger partial charge in [0.25, 0.3) is 0 Å². The minimum absolute atomic E-state index is 0.152. The van der Waals surface area contributed by atoms with E-state index in [1.807, 2.05) is 78.9 Å². The summed E-state index contributed by atoms with van der Waals surface area (Å²) in [6, 6.07) is 36.1. The summed E-state index contributed by atoms with van der Waals surface area (Å²) in [4.78, 5) is 9.33. The van der Waals surface area contributed by atoms with E-state index >= 15 is 0 Å². The van der Waals surface area contributed by atoms with Crippen LogP contribution in [-0.4, -0.2) is 16.5 Å². The highest BCUT2D eigenvalue weighted by Crippen LogP contribution is 2.36. The highest BCUT2D eigenvalue weighted by Gasteiger charge is 2.24. The van der Waals surface area contributed by atoms with Crippen molar-refractivity contribution < 1.29 is 4.74 Å². The molecule has 1 atom stereocenters. The molecule has 0 spiro atoms. The monoisotopic (exact) mass is 454 g/mol. The Morgan fingerprint density at radius 3 is 2.29 bits per heavy atom. The molecule has 0 radical (unpaired) electrons. The number of anilines is 1. The van der Waals surface area contributed by atoms with E-state index in [1.54, 1.807) is 6.20 Å². The lowest BCUT2D eigenvalue weighted by Crippen LogP contribution is -2.13. The molecule has 1 aliphatic rings. The molecule has 35 heavy (non-hydrogen) atoms. The molecule has 5 heteroatoms. The van der Waals surface area contributed by atoms with Gasteiger partial charge in [-0.2, -0.15) is 0 Å². The minimum Gasteiger partial charge on any atom is -0.463 e. The molecule has 2 heterocycles. The Balaban J connectivity index is 1.31. The number of hydrogen-bond donors (Lipinski definition) is 2. The Hall–Kier alpha value is -4.77. The fourth-order valence-corrected chi connectivity index (χ4v) is 4.23. The first-order valence-corrected chi connectivity index (χ1v) is 11.4. The normalized spacial score (nSPS) is 14.7. The summed E-state index contributed by atoms with van der Waals surface area (Å²) in [5, 5.41) is 14.4. The van der Waals surface area contributed by atoms with E-state index in [0.717, 1.165) is 39.4 Å².